The molecule has 4 nitrogen and oxygen atoms in total. The van der Waals surface area contributed by atoms with Gasteiger partial charge in [-0.1, -0.05) is 6.92 Å². The zero-order valence-electron chi connectivity index (χ0n) is 8.69. The standard InChI is InChI=1S/C10H16O4/c1-5-4-6(9(11)12)8-7(5)13-10(2,3)14-8/h5-8H,4H2,1-3H3,(H,11,12)/t5-,6+,7+,8-/m1/s1. The number of carboxylic acid groups (broad SMARTS) is 1. The van der Waals surface area contributed by atoms with Crippen LogP contribution in [0, 0.1) is 11.8 Å². The Bertz CT molecular complexity index is 261. The first-order valence-electron chi connectivity index (χ1n) is 4.99. The van der Waals surface area contributed by atoms with Gasteiger partial charge in [-0.3, -0.25) is 4.79 Å². The van der Waals surface area contributed by atoms with Crippen molar-refractivity contribution in [2.75, 3.05) is 0 Å². The molecule has 2 aliphatic rings. The molecule has 1 N–H and O–H groups in total. The van der Waals surface area contributed by atoms with E-state index in [0.717, 1.165) is 0 Å². The fourth-order valence-corrected chi connectivity index (χ4v) is 2.48. The smallest absolute Gasteiger partial charge is 0.309 e. The van der Waals surface area contributed by atoms with Gasteiger partial charge >= 0.3 is 5.97 Å². The largest absolute Gasteiger partial charge is 0.481 e. The lowest BCUT2D eigenvalue weighted by molar-refractivity contribution is -0.168. The molecule has 1 aliphatic carbocycles. The van der Waals surface area contributed by atoms with Crippen LogP contribution in [0.2, 0.25) is 0 Å². The van der Waals surface area contributed by atoms with Crippen molar-refractivity contribution >= 4 is 5.97 Å². The van der Waals surface area contributed by atoms with E-state index in [1.807, 2.05) is 20.8 Å². The molecule has 4 atom stereocenters. The topological polar surface area (TPSA) is 55.8 Å². The third-order valence-electron chi connectivity index (χ3n) is 3.06. The van der Waals surface area contributed by atoms with Crippen molar-refractivity contribution in [3.05, 3.63) is 0 Å². The molecule has 1 saturated heterocycles. The minimum Gasteiger partial charge on any atom is -0.481 e. The molecule has 0 unspecified atom stereocenters. The van der Waals surface area contributed by atoms with Gasteiger partial charge in [-0.25, -0.2) is 0 Å². The van der Waals surface area contributed by atoms with Crippen LogP contribution in [-0.4, -0.2) is 29.1 Å². The quantitative estimate of drug-likeness (QED) is 0.692. The lowest BCUT2D eigenvalue weighted by Gasteiger charge is -2.20. The molecule has 14 heavy (non-hydrogen) atoms. The number of hydrogen-bond donors (Lipinski definition) is 1. The molecular formula is C10H16O4. The lowest BCUT2D eigenvalue weighted by atomic mass is 10.1. The van der Waals surface area contributed by atoms with Crippen LogP contribution in [0.4, 0.5) is 0 Å². The monoisotopic (exact) mass is 200 g/mol. The molecule has 1 heterocycles. The van der Waals surface area contributed by atoms with E-state index in [1.54, 1.807) is 0 Å². The Morgan fingerprint density at radius 3 is 2.50 bits per heavy atom. The van der Waals surface area contributed by atoms with Crippen LogP contribution >= 0.6 is 0 Å². The van der Waals surface area contributed by atoms with E-state index >= 15 is 0 Å². The summed E-state index contributed by atoms with van der Waals surface area (Å²) in [5, 5.41) is 9.01. The third kappa shape index (κ3) is 1.42. The van der Waals surface area contributed by atoms with E-state index in [1.165, 1.54) is 0 Å². The van der Waals surface area contributed by atoms with Crippen LogP contribution in [0.1, 0.15) is 27.2 Å². The SMILES string of the molecule is C[C@@H]1C[C@H](C(=O)O)[C@H]2OC(C)(C)O[C@H]21. The summed E-state index contributed by atoms with van der Waals surface area (Å²) in [7, 11) is 0. The summed E-state index contributed by atoms with van der Waals surface area (Å²) in [6, 6.07) is 0. The van der Waals surface area contributed by atoms with Crippen LogP contribution in [0.3, 0.4) is 0 Å². The average molecular weight is 200 g/mol. The van der Waals surface area contributed by atoms with Gasteiger partial charge in [0.15, 0.2) is 5.79 Å². The highest BCUT2D eigenvalue weighted by Gasteiger charge is 2.54. The van der Waals surface area contributed by atoms with Gasteiger partial charge in [0.25, 0.3) is 0 Å². The molecule has 0 aromatic heterocycles. The van der Waals surface area contributed by atoms with Crippen LogP contribution in [0.15, 0.2) is 0 Å². The van der Waals surface area contributed by atoms with E-state index in [4.69, 9.17) is 14.6 Å². The van der Waals surface area contributed by atoms with Crippen molar-refractivity contribution < 1.29 is 19.4 Å². The van der Waals surface area contributed by atoms with Crippen LogP contribution in [0.5, 0.6) is 0 Å². The van der Waals surface area contributed by atoms with Crippen LogP contribution < -0.4 is 0 Å². The number of carboxylic acids is 1. The van der Waals surface area contributed by atoms with Crippen molar-refractivity contribution in [2.45, 2.75) is 45.2 Å². The first-order chi connectivity index (χ1) is 6.41. The first-order valence-corrected chi connectivity index (χ1v) is 4.99. The second-order valence-corrected chi connectivity index (χ2v) is 4.72. The Labute approximate surface area is 83.2 Å². The van der Waals surface area contributed by atoms with Gasteiger partial charge in [0, 0.05) is 0 Å². The molecule has 1 saturated carbocycles. The molecule has 0 bridgehead atoms. The molecule has 0 radical (unpaired) electrons. The predicted molar refractivity (Wildman–Crippen MR) is 48.7 cm³/mol. The molecule has 0 aromatic carbocycles. The molecule has 2 fully saturated rings. The second kappa shape index (κ2) is 2.94. The Balaban J connectivity index is 2.19. The molecule has 4 heteroatoms. The summed E-state index contributed by atoms with van der Waals surface area (Å²) in [6.45, 7) is 5.68. The molecule has 0 amide bonds. The van der Waals surface area contributed by atoms with Gasteiger partial charge in [-0.05, 0) is 26.2 Å². The van der Waals surface area contributed by atoms with Crippen LogP contribution in [-0.2, 0) is 14.3 Å². The van der Waals surface area contributed by atoms with Crippen molar-refractivity contribution in [3.8, 4) is 0 Å². The molecule has 0 spiro atoms. The van der Waals surface area contributed by atoms with Gasteiger partial charge in [0.2, 0.25) is 0 Å². The summed E-state index contributed by atoms with van der Waals surface area (Å²) < 4.78 is 11.3. The summed E-state index contributed by atoms with van der Waals surface area (Å²) in [4.78, 5) is 11.0. The lowest BCUT2D eigenvalue weighted by Crippen LogP contribution is -2.29. The van der Waals surface area contributed by atoms with E-state index in [9.17, 15) is 4.79 Å². The summed E-state index contributed by atoms with van der Waals surface area (Å²) in [5.74, 6) is -1.54. The van der Waals surface area contributed by atoms with E-state index < -0.39 is 17.7 Å². The zero-order chi connectivity index (χ0) is 10.5. The Morgan fingerprint density at radius 1 is 1.36 bits per heavy atom. The summed E-state index contributed by atoms with van der Waals surface area (Å²) in [6.07, 6.45) is 0.337. The second-order valence-electron chi connectivity index (χ2n) is 4.72. The maximum absolute atomic E-state index is 11.0. The predicted octanol–water partition coefficient (Wildman–Crippen LogP) is 1.25. The zero-order valence-corrected chi connectivity index (χ0v) is 8.69. The van der Waals surface area contributed by atoms with Gasteiger partial charge < -0.3 is 14.6 Å². The Kier molecular flexibility index (Phi) is 2.08. The minimum absolute atomic E-state index is 0.0499. The normalized spacial score (nSPS) is 45.1. The Morgan fingerprint density at radius 2 is 1.93 bits per heavy atom. The number of hydrogen-bond acceptors (Lipinski definition) is 3. The highest BCUT2D eigenvalue weighted by atomic mass is 16.8. The van der Waals surface area contributed by atoms with Gasteiger partial charge in [-0.2, -0.15) is 0 Å². The molecule has 2 rings (SSSR count). The van der Waals surface area contributed by atoms with E-state index in [-0.39, 0.29) is 18.1 Å². The van der Waals surface area contributed by atoms with Crippen LogP contribution in [0.25, 0.3) is 0 Å². The van der Waals surface area contributed by atoms with Crippen molar-refractivity contribution in [1.29, 1.82) is 0 Å². The number of aliphatic carboxylic acids is 1. The van der Waals surface area contributed by atoms with Crippen molar-refractivity contribution in [1.82, 2.24) is 0 Å². The maximum atomic E-state index is 11.0. The summed E-state index contributed by atoms with van der Waals surface area (Å²) in [5.41, 5.74) is 0. The molecule has 0 aromatic rings. The number of rotatable bonds is 1. The third-order valence-corrected chi connectivity index (χ3v) is 3.06. The maximum Gasteiger partial charge on any atom is 0.309 e. The number of fused-ring (bicyclic) bond motifs is 1. The van der Waals surface area contributed by atoms with Gasteiger partial charge in [0.1, 0.15) is 6.10 Å². The first kappa shape index (κ1) is 9.93. The molecular weight excluding hydrogens is 184 g/mol. The molecule has 80 valence electrons. The molecule has 1 aliphatic heterocycles. The van der Waals surface area contributed by atoms with Gasteiger partial charge in [0.05, 0.1) is 12.0 Å². The minimum atomic E-state index is -0.773. The number of carbonyl (C=O) groups is 1. The highest BCUT2D eigenvalue weighted by Crippen LogP contribution is 2.44. The fraction of sp³-hybridized carbons (Fsp3) is 0.900. The van der Waals surface area contributed by atoms with Crippen molar-refractivity contribution in [2.24, 2.45) is 11.8 Å². The number of ether oxygens (including phenoxy) is 2. The van der Waals surface area contributed by atoms with Crippen molar-refractivity contribution in [3.63, 3.8) is 0 Å². The fourth-order valence-electron chi connectivity index (χ4n) is 2.48. The average Bonchev–Trinajstić information content (AvgIpc) is 2.47. The highest BCUT2D eigenvalue weighted by molar-refractivity contribution is 5.71. The van der Waals surface area contributed by atoms with E-state index in [2.05, 4.69) is 0 Å². The van der Waals surface area contributed by atoms with Gasteiger partial charge in [-0.15, -0.1) is 0 Å². The van der Waals surface area contributed by atoms with E-state index in [0.29, 0.717) is 6.42 Å². The Hall–Kier alpha value is -0.610. The summed E-state index contributed by atoms with van der Waals surface area (Å²) >= 11 is 0.